The highest BCUT2D eigenvalue weighted by atomic mass is 32.2. The lowest BCUT2D eigenvalue weighted by Gasteiger charge is -2.37. The molecule has 0 saturated heterocycles. The first-order chi connectivity index (χ1) is 14.3. The molecule has 2 aromatic carbocycles. The number of rotatable bonds is 7. The second kappa shape index (κ2) is 9.04. The van der Waals surface area contributed by atoms with E-state index in [9.17, 15) is 13.2 Å². The number of ether oxygens (including phenoxy) is 1. The van der Waals surface area contributed by atoms with Crippen LogP contribution >= 0.6 is 0 Å². The Morgan fingerprint density at radius 1 is 1.23 bits per heavy atom. The van der Waals surface area contributed by atoms with E-state index in [2.05, 4.69) is 19.6 Å². The van der Waals surface area contributed by atoms with Gasteiger partial charge in [-0.25, -0.2) is 8.42 Å². The molecule has 30 heavy (non-hydrogen) atoms. The molecule has 3 rings (SSSR count). The minimum absolute atomic E-state index is 0.00764. The summed E-state index contributed by atoms with van der Waals surface area (Å²) in [5, 5.41) is 0. The number of carbonyl (C=O) groups is 1. The molecule has 0 aromatic heterocycles. The zero-order valence-corrected chi connectivity index (χ0v) is 18.7. The number of sulfonamides is 1. The minimum atomic E-state index is -3.78. The Balaban J connectivity index is 2.08. The minimum Gasteiger partial charge on any atom is -0.461 e. The lowest BCUT2D eigenvalue weighted by Crippen LogP contribution is -2.43. The molecule has 6 heteroatoms. The van der Waals surface area contributed by atoms with Crippen molar-refractivity contribution < 1.29 is 17.9 Å². The number of aryl methyl sites for hydroxylation is 2. The third kappa shape index (κ3) is 4.29. The first-order valence-electron chi connectivity index (χ1n) is 10.4. The van der Waals surface area contributed by atoms with Gasteiger partial charge in [-0.15, -0.1) is 0 Å². The van der Waals surface area contributed by atoms with Crippen molar-refractivity contribution >= 4 is 27.8 Å². The van der Waals surface area contributed by atoms with Crippen LogP contribution in [0.3, 0.4) is 0 Å². The summed E-state index contributed by atoms with van der Waals surface area (Å²) in [5.41, 5.74) is 4.41. The van der Waals surface area contributed by atoms with Crippen LogP contribution in [0.15, 0.2) is 47.9 Å². The summed E-state index contributed by atoms with van der Waals surface area (Å²) in [6, 6.07) is 10.9. The first-order valence-corrected chi connectivity index (χ1v) is 11.8. The molecule has 0 radical (unpaired) electrons. The number of hydrogen-bond acceptors (Lipinski definition) is 4. The molecule has 0 spiro atoms. The second-order valence-corrected chi connectivity index (χ2v) is 9.38. The topological polar surface area (TPSA) is 63.7 Å². The molecule has 5 nitrogen and oxygen atoms in total. The number of benzene rings is 2. The molecule has 1 aliphatic heterocycles. The van der Waals surface area contributed by atoms with Crippen LogP contribution in [0.25, 0.3) is 6.08 Å². The summed E-state index contributed by atoms with van der Waals surface area (Å²) < 4.78 is 34.2. The Bertz CT molecular complexity index is 1060. The van der Waals surface area contributed by atoms with Gasteiger partial charge in [-0.1, -0.05) is 44.7 Å². The Hall–Kier alpha value is -2.60. The van der Waals surface area contributed by atoms with Crippen LogP contribution in [-0.2, 0) is 39.0 Å². The maximum Gasteiger partial charge on any atom is 0.302 e. The van der Waals surface area contributed by atoms with Crippen LogP contribution in [-0.4, -0.2) is 20.4 Å². The number of nitrogens with zero attached hydrogens (tertiary/aromatic N) is 1. The average molecular weight is 428 g/mol. The number of fused-ring (bicyclic) bond motifs is 1. The molecule has 0 fully saturated rings. The van der Waals surface area contributed by atoms with Gasteiger partial charge >= 0.3 is 5.97 Å². The van der Waals surface area contributed by atoms with Gasteiger partial charge in [0.25, 0.3) is 10.0 Å². The Labute approximate surface area is 179 Å². The van der Waals surface area contributed by atoms with Gasteiger partial charge in [-0.05, 0) is 66.1 Å². The fourth-order valence-corrected chi connectivity index (χ4v) is 5.81. The van der Waals surface area contributed by atoms with Crippen LogP contribution in [0.4, 0.5) is 5.69 Å². The smallest absolute Gasteiger partial charge is 0.302 e. The Morgan fingerprint density at radius 3 is 2.63 bits per heavy atom. The molecular weight excluding hydrogens is 398 g/mol. The van der Waals surface area contributed by atoms with Crippen LogP contribution in [0.1, 0.15) is 55.9 Å². The molecule has 0 aliphatic carbocycles. The highest BCUT2D eigenvalue weighted by Crippen LogP contribution is 2.37. The van der Waals surface area contributed by atoms with Crippen molar-refractivity contribution in [2.24, 2.45) is 0 Å². The van der Waals surface area contributed by atoms with E-state index in [1.54, 1.807) is 28.6 Å². The third-order valence-corrected chi connectivity index (χ3v) is 7.52. The molecule has 0 amide bonds. The molecular formula is C24H29NO4S. The molecule has 1 atom stereocenters. The van der Waals surface area contributed by atoms with Gasteiger partial charge in [0, 0.05) is 13.0 Å². The Kier molecular flexibility index (Phi) is 6.66. The number of anilines is 1. The van der Waals surface area contributed by atoms with Crippen molar-refractivity contribution in [3.05, 3.63) is 65.2 Å². The van der Waals surface area contributed by atoms with E-state index in [0.29, 0.717) is 5.56 Å². The zero-order valence-electron chi connectivity index (χ0n) is 17.8. The van der Waals surface area contributed by atoms with Gasteiger partial charge < -0.3 is 4.74 Å². The largest absolute Gasteiger partial charge is 0.461 e. The average Bonchev–Trinajstić information content (AvgIpc) is 2.75. The van der Waals surface area contributed by atoms with Crippen molar-refractivity contribution in [1.82, 2.24) is 0 Å². The molecule has 160 valence electrons. The van der Waals surface area contributed by atoms with E-state index >= 15 is 0 Å². The molecule has 1 heterocycles. The molecule has 1 unspecified atom stereocenters. The van der Waals surface area contributed by atoms with Crippen molar-refractivity contribution in [2.45, 2.75) is 64.0 Å². The lowest BCUT2D eigenvalue weighted by atomic mass is 9.94. The van der Waals surface area contributed by atoms with Gasteiger partial charge in [0.05, 0.1) is 10.6 Å². The highest BCUT2D eigenvalue weighted by molar-refractivity contribution is 7.92. The van der Waals surface area contributed by atoms with E-state index in [-0.39, 0.29) is 17.5 Å². The molecule has 0 bridgehead atoms. The zero-order chi connectivity index (χ0) is 21.9. The van der Waals surface area contributed by atoms with Gasteiger partial charge in [0.15, 0.2) is 0 Å². The quantitative estimate of drug-likeness (QED) is 0.591. The fraction of sp³-hybridized carbons (Fsp3) is 0.375. The summed E-state index contributed by atoms with van der Waals surface area (Å²) in [5.74, 6) is -0.416. The van der Waals surface area contributed by atoms with Gasteiger partial charge in [-0.3, -0.25) is 9.10 Å². The van der Waals surface area contributed by atoms with Crippen molar-refractivity contribution in [2.75, 3.05) is 4.31 Å². The van der Waals surface area contributed by atoms with Crippen LogP contribution in [0.5, 0.6) is 0 Å². The standard InChI is InChI=1S/C24H29NO4S/c1-5-18-8-13-24-20(14-18)9-11-22(7-3)25(24)30(27,28)23-12-10-19(6-2)21(15-23)16-29-17(4)26/h6,8,10,12-15,22H,2,5,7,9,11,16H2,1,3-4H3. The summed E-state index contributed by atoms with van der Waals surface area (Å²) in [6.07, 6.45) is 4.95. The van der Waals surface area contributed by atoms with E-state index in [4.69, 9.17) is 4.74 Å². The summed E-state index contributed by atoms with van der Waals surface area (Å²) >= 11 is 0. The van der Waals surface area contributed by atoms with Crippen molar-refractivity contribution in [3.63, 3.8) is 0 Å². The SMILES string of the molecule is C=Cc1ccc(S(=O)(=O)N2c3ccc(CC)cc3CCC2CC)cc1COC(C)=O. The van der Waals surface area contributed by atoms with E-state index in [0.717, 1.165) is 42.5 Å². The van der Waals surface area contributed by atoms with Gasteiger partial charge in [-0.2, -0.15) is 0 Å². The van der Waals surface area contributed by atoms with Gasteiger partial charge in [0.1, 0.15) is 6.61 Å². The lowest BCUT2D eigenvalue weighted by molar-refractivity contribution is -0.142. The predicted octanol–water partition coefficient (Wildman–Crippen LogP) is 4.88. The Morgan fingerprint density at radius 2 is 2.00 bits per heavy atom. The van der Waals surface area contributed by atoms with Gasteiger partial charge in [0.2, 0.25) is 0 Å². The maximum atomic E-state index is 13.8. The van der Waals surface area contributed by atoms with E-state index in [1.807, 2.05) is 19.1 Å². The fourth-order valence-electron chi connectivity index (χ4n) is 3.97. The van der Waals surface area contributed by atoms with E-state index < -0.39 is 16.0 Å². The number of carbonyl (C=O) groups excluding carboxylic acids is 1. The maximum absolute atomic E-state index is 13.8. The molecule has 2 aromatic rings. The molecule has 1 aliphatic rings. The summed E-state index contributed by atoms with van der Waals surface area (Å²) in [6.45, 7) is 9.22. The summed E-state index contributed by atoms with van der Waals surface area (Å²) in [7, 11) is -3.78. The third-order valence-electron chi connectivity index (χ3n) is 5.66. The monoisotopic (exact) mass is 427 g/mol. The molecule has 0 N–H and O–H groups in total. The van der Waals surface area contributed by atoms with Crippen molar-refractivity contribution in [1.29, 1.82) is 0 Å². The van der Waals surface area contributed by atoms with Crippen LogP contribution < -0.4 is 4.31 Å². The summed E-state index contributed by atoms with van der Waals surface area (Å²) in [4.78, 5) is 11.4. The molecule has 0 saturated carbocycles. The van der Waals surface area contributed by atoms with E-state index in [1.165, 1.54) is 12.5 Å². The predicted molar refractivity (Wildman–Crippen MR) is 120 cm³/mol. The van der Waals surface area contributed by atoms with Crippen LogP contribution in [0.2, 0.25) is 0 Å². The number of esters is 1. The highest BCUT2D eigenvalue weighted by Gasteiger charge is 2.35. The number of hydrogen-bond donors (Lipinski definition) is 0. The first kappa shape index (κ1) is 22.1. The second-order valence-electron chi connectivity index (χ2n) is 7.56. The van der Waals surface area contributed by atoms with Crippen LogP contribution in [0, 0.1) is 0 Å². The van der Waals surface area contributed by atoms with Crippen molar-refractivity contribution in [3.8, 4) is 0 Å². The normalized spacial score (nSPS) is 16.1.